The number of hydrogen-bond acceptors (Lipinski definition) is 2. The van der Waals surface area contributed by atoms with Gasteiger partial charge in [0.25, 0.3) is 0 Å². The van der Waals surface area contributed by atoms with E-state index in [1.54, 1.807) is 0 Å². The maximum absolute atomic E-state index is 6.75. The molecule has 0 spiro atoms. The third kappa shape index (κ3) is 7.75. The molecule has 0 saturated carbocycles. The second kappa shape index (κ2) is 10.4. The van der Waals surface area contributed by atoms with Crippen molar-refractivity contribution < 1.29 is 8.85 Å². The fourth-order valence-electron chi connectivity index (χ4n) is 2.85. The lowest BCUT2D eigenvalue weighted by molar-refractivity contribution is 0.187. The smallest absolute Gasteiger partial charge is 0.376 e. The maximum atomic E-state index is 6.75. The van der Waals surface area contributed by atoms with Crippen molar-refractivity contribution in [1.82, 2.24) is 0 Å². The Morgan fingerprint density at radius 3 is 1.63 bits per heavy atom. The highest BCUT2D eigenvalue weighted by molar-refractivity contribution is 6.92. The monoisotopic (exact) mass is 450 g/mol. The molecule has 0 heterocycles. The van der Waals surface area contributed by atoms with Gasteiger partial charge in [-0.1, -0.05) is 112 Å². The van der Waals surface area contributed by atoms with Crippen molar-refractivity contribution in [2.24, 2.45) is 0 Å². The topological polar surface area (TPSA) is 18.5 Å². The molecule has 0 aliphatic heterocycles. The molecule has 2 aromatic carbocycles. The molecular formula is C25H34O2Si3. The van der Waals surface area contributed by atoms with E-state index in [2.05, 4.69) is 86.5 Å². The summed E-state index contributed by atoms with van der Waals surface area (Å²) in [6.45, 7) is 15.8. The van der Waals surface area contributed by atoms with E-state index in [4.69, 9.17) is 8.85 Å². The van der Waals surface area contributed by atoms with Crippen molar-refractivity contribution in [3.8, 4) is 22.9 Å². The molecule has 0 saturated heterocycles. The first-order chi connectivity index (χ1) is 14.0. The third-order valence-electron chi connectivity index (χ3n) is 4.11. The van der Waals surface area contributed by atoms with Crippen molar-refractivity contribution in [2.75, 3.05) is 6.61 Å². The van der Waals surface area contributed by atoms with Crippen LogP contribution in [-0.4, -0.2) is 37.4 Å². The van der Waals surface area contributed by atoms with Gasteiger partial charge in [-0.15, -0.1) is 11.1 Å². The quantitative estimate of drug-likeness (QED) is 0.479. The van der Waals surface area contributed by atoms with Gasteiger partial charge in [0.1, 0.15) is 22.3 Å². The second-order valence-corrected chi connectivity index (χ2v) is 21.9. The summed E-state index contributed by atoms with van der Waals surface area (Å²) < 4.78 is 13.4. The van der Waals surface area contributed by atoms with Gasteiger partial charge < -0.3 is 8.85 Å². The molecule has 0 radical (unpaired) electrons. The summed E-state index contributed by atoms with van der Waals surface area (Å²) in [5, 5.41) is 2.15. The molecule has 2 nitrogen and oxygen atoms in total. The average Bonchev–Trinajstić information content (AvgIpc) is 2.69. The van der Waals surface area contributed by atoms with Gasteiger partial charge in [-0.2, -0.15) is 0 Å². The zero-order valence-electron chi connectivity index (χ0n) is 19.4. The van der Waals surface area contributed by atoms with E-state index in [0.29, 0.717) is 6.61 Å². The Bertz CT molecular complexity index is 882. The molecule has 0 aliphatic carbocycles. The van der Waals surface area contributed by atoms with Crippen LogP contribution >= 0.6 is 0 Å². The number of benzene rings is 2. The Balaban J connectivity index is 2.51. The van der Waals surface area contributed by atoms with Gasteiger partial charge in [0.05, 0.1) is 6.61 Å². The van der Waals surface area contributed by atoms with Crippen molar-refractivity contribution in [3.63, 3.8) is 0 Å². The summed E-state index contributed by atoms with van der Waals surface area (Å²) in [4.78, 5) is 0. The Labute approximate surface area is 186 Å². The van der Waals surface area contributed by atoms with Gasteiger partial charge in [-0.3, -0.25) is 0 Å². The first-order valence-electron chi connectivity index (χ1n) is 10.5. The fourth-order valence-corrected chi connectivity index (χ4v) is 7.19. The van der Waals surface area contributed by atoms with Crippen LogP contribution in [0.5, 0.6) is 0 Å². The van der Waals surface area contributed by atoms with Gasteiger partial charge in [0, 0.05) is 0 Å². The van der Waals surface area contributed by atoms with Crippen LogP contribution in [0.15, 0.2) is 60.7 Å². The van der Waals surface area contributed by atoms with E-state index < -0.39 is 24.7 Å². The molecule has 0 bridgehead atoms. The first kappa shape index (κ1) is 24.4. The summed E-state index contributed by atoms with van der Waals surface area (Å²) in [6, 6.07) is 20.6. The van der Waals surface area contributed by atoms with Crippen LogP contribution in [0.2, 0.25) is 39.3 Å². The highest BCUT2D eigenvalue weighted by Gasteiger charge is 2.44. The van der Waals surface area contributed by atoms with Gasteiger partial charge in [-0.05, 0) is 17.3 Å². The molecule has 0 unspecified atom stereocenters. The fraction of sp³-hybridized carbons (Fsp3) is 0.360. The average molecular weight is 451 g/mol. The molecule has 0 fully saturated rings. The Morgan fingerprint density at radius 2 is 1.20 bits per heavy atom. The second-order valence-electron chi connectivity index (χ2n) is 9.47. The van der Waals surface area contributed by atoms with Crippen molar-refractivity contribution >= 4 is 35.1 Å². The maximum Gasteiger partial charge on any atom is 0.408 e. The lowest BCUT2D eigenvalue weighted by Gasteiger charge is -2.32. The molecule has 0 amide bonds. The Morgan fingerprint density at radius 1 is 0.733 bits per heavy atom. The van der Waals surface area contributed by atoms with E-state index >= 15 is 0 Å². The molecule has 2 aromatic rings. The lowest BCUT2D eigenvalue weighted by Crippen LogP contribution is -2.64. The van der Waals surface area contributed by atoms with Crippen LogP contribution in [-0.2, 0) is 8.85 Å². The number of rotatable bonds is 6. The third-order valence-corrected chi connectivity index (χ3v) is 9.36. The molecule has 5 heteroatoms. The van der Waals surface area contributed by atoms with E-state index in [-0.39, 0.29) is 6.10 Å². The van der Waals surface area contributed by atoms with Crippen molar-refractivity contribution in [2.45, 2.75) is 52.3 Å². The van der Waals surface area contributed by atoms with Crippen LogP contribution in [0.3, 0.4) is 0 Å². The summed E-state index contributed by atoms with van der Waals surface area (Å²) in [5.41, 5.74) is 6.85. The van der Waals surface area contributed by atoms with Gasteiger partial charge >= 0.3 is 8.56 Å². The minimum absolute atomic E-state index is 0.228. The summed E-state index contributed by atoms with van der Waals surface area (Å²) >= 11 is 0. The number of hydrogen-bond donors (Lipinski definition) is 0. The lowest BCUT2D eigenvalue weighted by atomic mass is 10.4. The molecule has 1 atom stereocenters. The van der Waals surface area contributed by atoms with E-state index in [9.17, 15) is 0 Å². The summed E-state index contributed by atoms with van der Waals surface area (Å²) in [5.74, 6) is 6.61. The molecule has 0 aliphatic rings. The summed E-state index contributed by atoms with van der Waals surface area (Å²) in [6.07, 6.45) is -0.228. The largest absolute Gasteiger partial charge is 0.408 e. The summed E-state index contributed by atoms with van der Waals surface area (Å²) in [7, 11) is -5.93. The molecular weight excluding hydrogens is 417 g/mol. The molecule has 30 heavy (non-hydrogen) atoms. The van der Waals surface area contributed by atoms with E-state index in [1.807, 2.05) is 43.3 Å². The molecule has 158 valence electrons. The zero-order valence-corrected chi connectivity index (χ0v) is 22.4. The van der Waals surface area contributed by atoms with Crippen LogP contribution < -0.4 is 10.4 Å². The van der Waals surface area contributed by atoms with E-state index in [0.717, 1.165) is 10.4 Å². The highest BCUT2D eigenvalue weighted by atomic mass is 28.4. The highest BCUT2D eigenvalue weighted by Crippen LogP contribution is 2.13. The van der Waals surface area contributed by atoms with Crippen LogP contribution in [0.1, 0.15) is 6.92 Å². The van der Waals surface area contributed by atoms with Crippen LogP contribution in [0, 0.1) is 22.9 Å². The Hall–Kier alpha value is -1.87. The molecule has 0 aromatic heterocycles. The Kier molecular flexibility index (Phi) is 8.49. The normalized spacial score (nSPS) is 12.9. The SMILES string of the molecule is C[C@@H](C#C[Si](C)(C)C)O[Si](OCC#C[Si](C)(C)C)(c1ccccc1)c1ccccc1. The van der Waals surface area contributed by atoms with Gasteiger partial charge in [-0.25, -0.2) is 0 Å². The minimum atomic E-state index is -2.98. The van der Waals surface area contributed by atoms with Crippen molar-refractivity contribution in [3.05, 3.63) is 60.7 Å². The van der Waals surface area contributed by atoms with Gasteiger partial charge in [0.15, 0.2) is 0 Å². The van der Waals surface area contributed by atoms with E-state index in [1.165, 1.54) is 0 Å². The zero-order chi connectivity index (χ0) is 22.3. The van der Waals surface area contributed by atoms with Gasteiger partial charge in [0.2, 0.25) is 0 Å². The van der Waals surface area contributed by atoms with Crippen molar-refractivity contribution in [1.29, 1.82) is 0 Å². The van der Waals surface area contributed by atoms with Crippen LogP contribution in [0.25, 0.3) is 0 Å². The minimum Gasteiger partial charge on any atom is -0.376 e. The predicted octanol–water partition coefficient (Wildman–Crippen LogP) is 4.43. The molecule has 0 N–H and O–H groups in total. The predicted molar refractivity (Wildman–Crippen MR) is 137 cm³/mol. The first-order valence-corrected chi connectivity index (χ1v) is 19.3. The molecule has 2 rings (SSSR count). The van der Waals surface area contributed by atoms with Crippen LogP contribution in [0.4, 0.5) is 0 Å². The standard InChI is InChI=1S/C25H34O2Si3/c1-23(19-22-29(5,6)7)27-30(24-15-10-8-11-16-24,25-17-12-9-13-18-25)26-20-14-21-28(2,3)4/h8-13,15-18,23H,20H2,1-7H3/t23-/m0/s1.